The van der Waals surface area contributed by atoms with Gasteiger partial charge in [-0.05, 0) is 35.2 Å². The third-order valence-electron chi connectivity index (χ3n) is 4.32. The molecule has 4 aromatic rings. The average molecular weight is 358 g/mol. The van der Waals surface area contributed by atoms with Crippen LogP contribution in [0.3, 0.4) is 0 Å². The fourth-order valence-corrected chi connectivity index (χ4v) is 2.91. The molecule has 2 aromatic heterocycles. The number of methoxy groups -OCH3 is 1. The van der Waals surface area contributed by atoms with Crippen molar-refractivity contribution in [1.82, 2.24) is 19.9 Å². The van der Waals surface area contributed by atoms with E-state index in [4.69, 9.17) is 4.74 Å². The summed E-state index contributed by atoms with van der Waals surface area (Å²) in [4.78, 5) is 20.9. The number of hydrogen-bond donors (Lipinski definition) is 1. The first-order valence-corrected chi connectivity index (χ1v) is 8.54. The fraction of sp³-hybridized carbons (Fsp3) is 0.0952. The number of amides is 1. The van der Waals surface area contributed by atoms with E-state index < -0.39 is 0 Å². The van der Waals surface area contributed by atoms with E-state index in [2.05, 4.69) is 15.3 Å². The molecule has 0 aliphatic rings. The second kappa shape index (κ2) is 7.29. The highest BCUT2D eigenvalue weighted by molar-refractivity contribution is 5.98. The van der Waals surface area contributed by atoms with Crippen LogP contribution < -0.4 is 10.1 Å². The van der Waals surface area contributed by atoms with E-state index in [0.717, 1.165) is 22.0 Å². The molecule has 0 saturated carbocycles. The molecule has 0 fully saturated rings. The second-order valence-corrected chi connectivity index (χ2v) is 6.06. The van der Waals surface area contributed by atoms with E-state index >= 15 is 0 Å². The molecular formula is C21H18N4O2. The Bertz CT molecular complexity index is 1070. The highest BCUT2D eigenvalue weighted by atomic mass is 16.5. The lowest BCUT2D eigenvalue weighted by Gasteiger charge is -2.09. The van der Waals surface area contributed by atoms with Gasteiger partial charge in [0, 0.05) is 30.0 Å². The summed E-state index contributed by atoms with van der Waals surface area (Å²) in [6.45, 7) is 0.417. The topological polar surface area (TPSA) is 69.0 Å². The minimum atomic E-state index is -0.238. The van der Waals surface area contributed by atoms with E-state index in [-0.39, 0.29) is 5.91 Å². The van der Waals surface area contributed by atoms with Crippen LogP contribution in [0.2, 0.25) is 0 Å². The van der Waals surface area contributed by atoms with Crippen LogP contribution in [0.1, 0.15) is 16.1 Å². The number of rotatable bonds is 5. The molecule has 4 rings (SSSR count). The van der Waals surface area contributed by atoms with Crippen molar-refractivity contribution in [2.24, 2.45) is 0 Å². The summed E-state index contributed by atoms with van der Waals surface area (Å²) in [5, 5.41) is 4.71. The van der Waals surface area contributed by atoms with Gasteiger partial charge < -0.3 is 14.6 Å². The van der Waals surface area contributed by atoms with Gasteiger partial charge in [-0.25, -0.2) is 9.97 Å². The smallest absolute Gasteiger partial charge is 0.270 e. The van der Waals surface area contributed by atoms with Gasteiger partial charge in [-0.3, -0.25) is 4.79 Å². The molecule has 1 amide bonds. The van der Waals surface area contributed by atoms with Crippen LogP contribution >= 0.6 is 0 Å². The van der Waals surface area contributed by atoms with Gasteiger partial charge in [-0.1, -0.05) is 30.3 Å². The molecule has 1 N–H and O–H groups in total. The SMILES string of the molecule is COc1nc(C(=O)NCc2ccc(-n3ccnc3)cc2)cc2ccccc12. The lowest BCUT2D eigenvalue weighted by Crippen LogP contribution is -2.24. The minimum Gasteiger partial charge on any atom is -0.481 e. The predicted molar refractivity (Wildman–Crippen MR) is 103 cm³/mol. The molecular weight excluding hydrogens is 340 g/mol. The molecule has 0 saturated heterocycles. The number of ether oxygens (including phenoxy) is 1. The predicted octanol–water partition coefficient (Wildman–Crippen LogP) is 3.36. The number of fused-ring (bicyclic) bond motifs is 1. The number of pyridine rings is 1. The Kier molecular flexibility index (Phi) is 4.53. The quantitative estimate of drug-likeness (QED) is 0.594. The molecule has 2 aromatic carbocycles. The van der Waals surface area contributed by atoms with Gasteiger partial charge in [0.2, 0.25) is 5.88 Å². The lowest BCUT2D eigenvalue weighted by molar-refractivity contribution is 0.0945. The number of benzene rings is 2. The Labute approximate surface area is 156 Å². The van der Waals surface area contributed by atoms with Crippen LogP contribution in [0.25, 0.3) is 16.5 Å². The number of hydrogen-bond acceptors (Lipinski definition) is 4. The molecule has 0 atom stereocenters. The summed E-state index contributed by atoms with van der Waals surface area (Å²) in [5.74, 6) is 0.209. The molecule has 6 nitrogen and oxygen atoms in total. The van der Waals surface area contributed by atoms with E-state index in [0.29, 0.717) is 18.1 Å². The van der Waals surface area contributed by atoms with Crippen LogP contribution in [-0.4, -0.2) is 27.6 Å². The number of imidazole rings is 1. The van der Waals surface area contributed by atoms with Crippen LogP contribution in [-0.2, 0) is 6.54 Å². The van der Waals surface area contributed by atoms with Gasteiger partial charge in [0.25, 0.3) is 5.91 Å². The summed E-state index contributed by atoms with van der Waals surface area (Å²) >= 11 is 0. The maximum atomic E-state index is 12.5. The minimum absolute atomic E-state index is 0.238. The van der Waals surface area contributed by atoms with Gasteiger partial charge in [0.05, 0.1) is 13.4 Å². The molecule has 2 heterocycles. The van der Waals surface area contributed by atoms with Crippen molar-refractivity contribution in [2.75, 3.05) is 7.11 Å². The van der Waals surface area contributed by atoms with Crippen LogP contribution in [0.5, 0.6) is 5.88 Å². The second-order valence-electron chi connectivity index (χ2n) is 6.06. The van der Waals surface area contributed by atoms with Crippen molar-refractivity contribution in [1.29, 1.82) is 0 Å². The zero-order valence-corrected chi connectivity index (χ0v) is 14.8. The lowest BCUT2D eigenvalue weighted by atomic mass is 10.1. The Morgan fingerprint density at radius 1 is 1.15 bits per heavy atom. The molecule has 0 aliphatic heterocycles. The summed E-state index contributed by atoms with van der Waals surface area (Å²) in [6.07, 6.45) is 5.37. The third-order valence-corrected chi connectivity index (χ3v) is 4.32. The van der Waals surface area contributed by atoms with Gasteiger partial charge in [0.15, 0.2) is 0 Å². The highest BCUT2D eigenvalue weighted by Crippen LogP contribution is 2.24. The van der Waals surface area contributed by atoms with Gasteiger partial charge in [-0.2, -0.15) is 0 Å². The van der Waals surface area contributed by atoms with Gasteiger partial charge in [0.1, 0.15) is 5.69 Å². The Balaban J connectivity index is 1.49. The Morgan fingerprint density at radius 2 is 1.96 bits per heavy atom. The van der Waals surface area contributed by atoms with Crippen LogP contribution in [0.15, 0.2) is 73.3 Å². The number of nitrogens with zero attached hydrogens (tertiary/aromatic N) is 3. The summed E-state index contributed by atoms with van der Waals surface area (Å²) in [6, 6.07) is 17.4. The number of carbonyl (C=O) groups is 1. The molecule has 0 bridgehead atoms. The highest BCUT2D eigenvalue weighted by Gasteiger charge is 2.12. The molecule has 0 aliphatic carbocycles. The van der Waals surface area contributed by atoms with Gasteiger partial charge in [-0.15, -0.1) is 0 Å². The van der Waals surface area contributed by atoms with E-state index in [1.165, 1.54) is 0 Å². The molecule has 27 heavy (non-hydrogen) atoms. The van der Waals surface area contributed by atoms with E-state index in [9.17, 15) is 4.79 Å². The zero-order valence-electron chi connectivity index (χ0n) is 14.8. The monoisotopic (exact) mass is 358 g/mol. The maximum Gasteiger partial charge on any atom is 0.270 e. The van der Waals surface area contributed by atoms with Crippen molar-refractivity contribution in [3.05, 3.63) is 84.6 Å². The van der Waals surface area contributed by atoms with E-state index in [1.807, 2.05) is 59.3 Å². The van der Waals surface area contributed by atoms with Crippen molar-refractivity contribution in [3.8, 4) is 11.6 Å². The fourth-order valence-electron chi connectivity index (χ4n) is 2.91. The Hall–Kier alpha value is -3.67. The standard InChI is InChI=1S/C21H18N4O2/c1-27-21-18-5-3-2-4-16(18)12-19(24-21)20(26)23-13-15-6-8-17(9-7-15)25-11-10-22-14-25/h2-12,14H,13H2,1H3,(H,23,26). The average Bonchev–Trinajstić information content (AvgIpc) is 3.26. The summed E-state index contributed by atoms with van der Waals surface area (Å²) in [7, 11) is 1.55. The first kappa shape index (κ1) is 16.8. The maximum absolute atomic E-state index is 12.5. The molecule has 0 spiro atoms. The molecule has 134 valence electrons. The van der Waals surface area contributed by atoms with Gasteiger partial charge >= 0.3 is 0 Å². The van der Waals surface area contributed by atoms with Crippen molar-refractivity contribution in [2.45, 2.75) is 6.54 Å². The van der Waals surface area contributed by atoms with Crippen LogP contribution in [0.4, 0.5) is 0 Å². The Morgan fingerprint density at radius 3 is 2.70 bits per heavy atom. The first-order valence-electron chi connectivity index (χ1n) is 8.54. The third kappa shape index (κ3) is 3.50. The molecule has 0 unspecified atom stereocenters. The van der Waals surface area contributed by atoms with E-state index in [1.54, 1.807) is 25.7 Å². The summed E-state index contributed by atoms with van der Waals surface area (Å²) < 4.78 is 7.26. The van der Waals surface area contributed by atoms with Crippen molar-refractivity contribution < 1.29 is 9.53 Å². The number of carbonyl (C=O) groups excluding carboxylic acids is 1. The summed E-state index contributed by atoms with van der Waals surface area (Å²) in [5.41, 5.74) is 2.35. The molecule has 0 radical (unpaired) electrons. The number of aromatic nitrogens is 3. The first-order chi connectivity index (χ1) is 13.2. The number of nitrogens with one attached hydrogen (secondary N) is 1. The normalized spacial score (nSPS) is 10.7. The van der Waals surface area contributed by atoms with Crippen molar-refractivity contribution in [3.63, 3.8) is 0 Å². The molecule has 6 heteroatoms. The van der Waals surface area contributed by atoms with Crippen LogP contribution in [0, 0.1) is 0 Å². The van der Waals surface area contributed by atoms with Crippen molar-refractivity contribution >= 4 is 16.7 Å². The zero-order chi connectivity index (χ0) is 18.6. The largest absolute Gasteiger partial charge is 0.481 e.